The number of hydrogen-bond donors (Lipinski definition) is 0. The highest BCUT2D eigenvalue weighted by atomic mass is 16.4. The summed E-state index contributed by atoms with van der Waals surface area (Å²) in [7, 11) is 0. The van der Waals surface area contributed by atoms with Crippen molar-refractivity contribution in [2.24, 2.45) is 0 Å². The summed E-state index contributed by atoms with van der Waals surface area (Å²) >= 11 is 0. The standard InChI is InChI=1S/C19H25N3O3/c23-18(21-12-5-6-15(21)14-20-10-3-4-11-20)9-13-22-16-7-1-2-8-17(16)25-19(22)24/h1-2,7-8,15H,3-6,9-14H2. The zero-order valence-corrected chi connectivity index (χ0v) is 14.5. The fraction of sp³-hybridized carbons (Fsp3) is 0.579. The number of nitrogens with zero attached hydrogens (tertiary/aromatic N) is 3. The van der Waals surface area contributed by atoms with E-state index >= 15 is 0 Å². The molecule has 0 aliphatic carbocycles. The first-order valence-corrected chi connectivity index (χ1v) is 9.32. The number of carbonyl (C=O) groups is 1. The van der Waals surface area contributed by atoms with Crippen molar-refractivity contribution in [3.63, 3.8) is 0 Å². The maximum atomic E-state index is 12.7. The molecule has 1 amide bonds. The molecule has 0 N–H and O–H groups in total. The zero-order valence-electron chi connectivity index (χ0n) is 14.5. The highest BCUT2D eigenvalue weighted by molar-refractivity contribution is 5.77. The summed E-state index contributed by atoms with van der Waals surface area (Å²) in [5.41, 5.74) is 1.34. The van der Waals surface area contributed by atoms with E-state index in [1.54, 1.807) is 10.6 Å². The predicted molar refractivity (Wildman–Crippen MR) is 95.5 cm³/mol. The molecule has 3 heterocycles. The fourth-order valence-electron chi connectivity index (χ4n) is 4.19. The maximum Gasteiger partial charge on any atom is 0.419 e. The molecule has 2 aliphatic heterocycles. The van der Waals surface area contributed by atoms with Gasteiger partial charge in [-0.2, -0.15) is 0 Å². The highest BCUT2D eigenvalue weighted by Crippen LogP contribution is 2.21. The van der Waals surface area contributed by atoms with E-state index in [2.05, 4.69) is 4.90 Å². The minimum absolute atomic E-state index is 0.152. The van der Waals surface area contributed by atoms with Crippen molar-refractivity contribution < 1.29 is 9.21 Å². The number of carbonyl (C=O) groups excluding carboxylic acids is 1. The van der Waals surface area contributed by atoms with Crippen molar-refractivity contribution in [3.05, 3.63) is 34.8 Å². The maximum absolute atomic E-state index is 12.7. The second-order valence-corrected chi connectivity index (χ2v) is 7.13. The minimum Gasteiger partial charge on any atom is -0.408 e. The van der Waals surface area contributed by atoms with Gasteiger partial charge in [0.15, 0.2) is 5.58 Å². The van der Waals surface area contributed by atoms with E-state index in [1.807, 2.05) is 23.1 Å². The molecule has 0 saturated carbocycles. The summed E-state index contributed by atoms with van der Waals surface area (Å²) in [4.78, 5) is 29.3. The first-order valence-electron chi connectivity index (χ1n) is 9.32. The van der Waals surface area contributed by atoms with Gasteiger partial charge in [0, 0.05) is 32.1 Å². The van der Waals surface area contributed by atoms with Gasteiger partial charge in [0.25, 0.3) is 0 Å². The van der Waals surface area contributed by atoms with E-state index in [4.69, 9.17) is 4.42 Å². The van der Waals surface area contributed by atoms with Gasteiger partial charge in [-0.3, -0.25) is 9.36 Å². The molecule has 0 spiro atoms. The SMILES string of the molecule is O=C(CCn1c(=O)oc2ccccc21)N1CCCC1CN1CCCC1. The van der Waals surface area contributed by atoms with Gasteiger partial charge in [-0.1, -0.05) is 12.1 Å². The number of fused-ring (bicyclic) bond motifs is 1. The molecule has 1 aromatic carbocycles. The van der Waals surface area contributed by atoms with Crippen LogP contribution in [0.5, 0.6) is 0 Å². The molecule has 2 saturated heterocycles. The average Bonchev–Trinajstić information content (AvgIpc) is 3.33. The summed E-state index contributed by atoms with van der Waals surface area (Å²) in [6.07, 6.45) is 5.07. The minimum atomic E-state index is -0.385. The molecule has 1 aromatic heterocycles. The second-order valence-electron chi connectivity index (χ2n) is 7.13. The normalized spacial score (nSPS) is 21.4. The summed E-state index contributed by atoms with van der Waals surface area (Å²) in [5.74, 6) is -0.233. The van der Waals surface area contributed by atoms with Crippen LogP contribution in [0.3, 0.4) is 0 Å². The zero-order chi connectivity index (χ0) is 17.2. The number of aryl methyl sites for hydroxylation is 1. The number of rotatable bonds is 5. The third-order valence-electron chi connectivity index (χ3n) is 5.49. The van der Waals surface area contributed by atoms with E-state index in [9.17, 15) is 9.59 Å². The molecule has 134 valence electrons. The van der Waals surface area contributed by atoms with E-state index in [1.165, 1.54) is 12.8 Å². The molecule has 1 unspecified atom stereocenters. The van der Waals surface area contributed by atoms with Gasteiger partial charge in [-0.05, 0) is 50.9 Å². The Kier molecular flexibility index (Phi) is 4.61. The third kappa shape index (κ3) is 3.35. The fourth-order valence-corrected chi connectivity index (χ4v) is 4.19. The van der Waals surface area contributed by atoms with Gasteiger partial charge in [0.2, 0.25) is 5.91 Å². The third-order valence-corrected chi connectivity index (χ3v) is 5.49. The Balaban J connectivity index is 1.40. The molecule has 4 rings (SSSR count). The van der Waals surface area contributed by atoms with Crippen LogP contribution < -0.4 is 5.76 Å². The first-order chi connectivity index (χ1) is 12.2. The van der Waals surface area contributed by atoms with Crippen LogP contribution in [0.15, 0.2) is 33.5 Å². The molecule has 1 atom stereocenters. The lowest BCUT2D eigenvalue weighted by molar-refractivity contribution is -0.132. The van der Waals surface area contributed by atoms with Crippen molar-refractivity contribution in [2.45, 2.75) is 44.7 Å². The lowest BCUT2D eigenvalue weighted by Crippen LogP contribution is -2.42. The van der Waals surface area contributed by atoms with Crippen LogP contribution >= 0.6 is 0 Å². The molecular weight excluding hydrogens is 318 g/mol. The Hall–Kier alpha value is -2.08. The van der Waals surface area contributed by atoms with E-state index in [-0.39, 0.29) is 11.7 Å². The second kappa shape index (κ2) is 7.04. The number of aromatic nitrogens is 1. The van der Waals surface area contributed by atoms with Crippen LogP contribution in [0, 0.1) is 0 Å². The molecule has 2 aromatic rings. The average molecular weight is 343 g/mol. The Morgan fingerprint density at radius 3 is 2.76 bits per heavy atom. The molecule has 25 heavy (non-hydrogen) atoms. The van der Waals surface area contributed by atoms with Crippen LogP contribution in [-0.4, -0.2) is 52.5 Å². The highest BCUT2D eigenvalue weighted by Gasteiger charge is 2.30. The first kappa shape index (κ1) is 16.4. The Morgan fingerprint density at radius 1 is 1.12 bits per heavy atom. The van der Waals surface area contributed by atoms with E-state index in [0.717, 1.165) is 44.5 Å². The number of amides is 1. The summed E-state index contributed by atoms with van der Waals surface area (Å²) in [6.45, 7) is 4.55. The number of benzene rings is 1. The van der Waals surface area contributed by atoms with Crippen LogP contribution in [0.4, 0.5) is 0 Å². The van der Waals surface area contributed by atoms with Crippen LogP contribution in [-0.2, 0) is 11.3 Å². The lowest BCUT2D eigenvalue weighted by atomic mass is 10.2. The van der Waals surface area contributed by atoms with E-state index in [0.29, 0.717) is 24.6 Å². The molecular formula is C19H25N3O3. The van der Waals surface area contributed by atoms with Gasteiger partial charge in [0.1, 0.15) is 0 Å². The monoisotopic (exact) mass is 343 g/mol. The van der Waals surface area contributed by atoms with Crippen molar-refractivity contribution in [2.75, 3.05) is 26.2 Å². The molecule has 2 fully saturated rings. The summed E-state index contributed by atoms with van der Waals surface area (Å²) in [6, 6.07) is 7.69. The molecule has 6 heteroatoms. The van der Waals surface area contributed by atoms with Crippen LogP contribution in [0.2, 0.25) is 0 Å². The molecule has 0 radical (unpaired) electrons. The Bertz CT molecular complexity index is 804. The predicted octanol–water partition coefficient (Wildman–Crippen LogP) is 2.07. The van der Waals surface area contributed by atoms with Crippen LogP contribution in [0.25, 0.3) is 11.1 Å². The summed E-state index contributed by atoms with van der Waals surface area (Å²) < 4.78 is 6.81. The van der Waals surface area contributed by atoms with Gasteiger partial charge in [-0.25, -0.2) is 4.79 Å². The Morgan fingerprint density at radius 2 is 1.92 bits per heavy atom. The van der Waals surface area contributed by atoms with Gasteiger partial charge < -0.3 is 14.2 Å². The quantitative estimate of drug-likeness (QED) is 0.834. The van der Waals surface area contributed by atoms with Crippen molar-refractivity contribution in [3.8, 4) is 0 Å². The lowest BCUT2D eigenvalue weighted by Gasteiger charge is -2.28. The molecule has 2 aliphatic rings. The van der Waals surface area contributed by atoms with Crippen molar-refractivity contribution >= 4 is 17.0 Å². The topological polar surface area (TPSA) is 58.7 Å². The summed E-state index contributed by atoms with van der Waals surface area (Å²) in [5, 5.41) is 0. The van der Waals surface area contributed by atoms with E-state index < -0.39 is 0 Å². The van der Waals surface area contributed by atoms with Crippen LogP contribution in [0.1, 0.15) is 32.1 Å². The van der Waals surface area contributed by atoms with Gasteiger partial charge >= 0.3 is 5.76 Å². The van der Waals surface area contributed by atoms with Crippen molar-refractivity contribution in [1.82, 2.24) is 14.4 Å². The Labute approximate surface area is 147 Å². The number of para-hydroxylation sites is 2. The number of hydrogen-bond acceptors (Lipinski definition) is 4. The smallest absolute Gasteiger partial charge is 0.408 e. The van der Waals surface area contributed by atoms with Crippen molar-refractivity contribution in [1.29, 1.82) is 0 Å². The largest absolute Gasteiger partial charge is 0.419 e. The number of likely N-dealkylation sites (tertiary alicyclic amines) is 2. The molecule has 6 nitrogen and oxygen atoms in total. The van der Waals surface area contributed by atoms with Gasteiger partial charge in [0.05, 0.1) is 5.52 Å². The number of oxazole rings is 1. The molecule has 0 bridgehead atoms. The van der Waals surface area contributed by atoms with Gasteiger partial charge in [-0.15, -0.1) is 0 Å².